The first-order valence-corrected chi connectivity index (χ1v) is 12.7. The van der Waals surface area contributed by atoms with Crippen molar-refractivity contribution in [2.45, 2.75) is 75.6 Å². The number of rotatable bonds is 7. The van der Waals surface area contributed by atoms with Crippen molar-refractivity contribution in [3.8, 4) is 29.4 Å². The lowest BCUT2D eigenvalue weighted by Gasteiger charge is -2.40. The standard InChI is InChI=1S/C29H27F3N2O3/c1-2-18-7-11-20(12-8-18)34-21-13-14-22(34)16-23(15-21)35-17-25-27(33-37-28(25)19-9-10-19)24-5-3-4-6-26(24)36-29(30,31)32/h1,3-8,11-12,19,21-23H,9-10,13-17H2/t21-,22+,23?. The molecule has 2 aromatic carbocycles. The van der Waals surface area contributed by atoms with E-state index < -0.39 is 6.36 Å². The molecule has 8 heteroatoms. The number of hydrogen-bond acceptors (Lipinski definition) is 5. The monoisotopic (exact) mass is 508 g/mol. The maximum Gasteiger partial charge on any atom is 0.573 e. The molecule has 192 valence electrons. The second-order valence-electron chi connectivity index (χ2n) is 10.1. The largest absolute Gasteiger partial charge is 0.573 e. The fraction of sp³-hybridized carbons (Fsp3) is 0.414. The molecule has 3 aliphatic rings. The van der Waals surface area contributed by atoms with Crippen molar-refractivity contribution in [2.75, 3.05) is 4.90 Å². The highest BCUT2D eigenvalue weighted by Crippen LogP contribution is 2.46. The number of fused-ring (bicyclic) bond motifs is 2. The van der Waals surface area contributed by atoms with Crippen LogP contribution in [0.4, 0.5) is 18.9 Å². The second kappa shape index (κ2) is 9.46. The predicted octanol–water partition coefficient (Wildman–Crippen LogP) is 6.82. The lowest BCUT2D eigenvalue weighted by Crippen LogP contribution is -2.45. The lowest BCUT2D eigenvalue weighted by atomic mass is 9.98. The van der Waals surface area contributed by atoms with Gasteiger partial charge in [0.2, 0.25) is 0 Å². The van der Waals surface area contributed by atoms with E-state index in [2.05, 4.69) is 32.8 Å². The number of para-hydroxylation sites is 1. The quantitative estimate of drug-likeness (QED) is 0.328. The molecule has 0 amide bonds. The number of halogens is 3. The normalized spacial score (nSPS) is 23.2. The molecule has 1 aliphatic carbocycles. The Morgan fingerprint density at radius 1 is 1.00 bits per heavy atom. The Hall–Kier alpha value is -3.44. The van der Waals surface area contributed by atoms with Gasteiger partial charge in [-0.1, -0.05) is 23.2 Å². The van der Waals surface area contributed by atoms with Gasteiger partial charge in [0.05, 0.1) is 12.7 Å². The molecule has 3 atom stereocenters. The van der Waals surface area contributed by atoms with Gasteiger partial charge in [-0.3, -0.25) is 0 Å². The Morgan fingerprint density at radius 2 is 1.70 bits per heavy atom. The van der Waals surface area contributed by atoms with Gasteiger partial charge in [-0.25, -0.2) is 0 Å². The van der Waals surface area contributed by atoms with Crippen molar-refractivity contribution < 1.29 is 27.2 Å². The molecule has 0 N–H and O–H groups in total. The van der Waals surface area contributed by atoms with Crippen LogP contribution in [-0.2, 0) is 11.3 Å². The molecule has 2 saturated heterocycles. The average Bonchev–Trinajstić information content (AvgIpc) is 3.58. The van der Waals surface area contributed by atoms with Crippen LogP contribution in [0.1, 0.15) is 61.3 Å². The zero-order valence-corrected chi connectivity index (χ0v) is 20.2. The van der Waals surface area contributed by atoms with Crippen LogP contribution in [0.25, 0.3) is 11.3 Å². The molecule has 2 bridgehead atoms. The summed E-state index contributed by atoms with van der Waals surface area (Å²) in [6.45, 7) is 0.242. The van der Waals surface area contributed by atoms with E-state index in [1.54, 1.807) is 12.1 Å². The Bertz CT molecular complexity index is 1290. The summed E-state index contributed by atoms with van der Waals surface area (Å²) in [6, 6.07) is 14.9. The maximum atomic E-state index is 13.0. The Balaban J connectivity index is 1.20. The fourth-order valence-electron chi connectivity index (χ4n) is 5.83. The fourth-order valence-corrected chi connectivity index (χ4v) is 5.83. The van der Waals surface area contributed by atoms with Crippen LogP contribution in [0, 0.1) is 12.3 Å². The zero-order valence-electron chi connectivity index (χ0n) is 20.2. The van der Waals surface area contributed by atoms with Crippen molar-refractivity contribution >= 4 is 5.69 Å². The molecule has 3 aromatic rings. The van der Waals surface area contributed by atoms with Crippen molar-refractivity contribution in [1.29, 1.82) is 0 Å². The number of benzene rings is 2. The average molecular weight is 509 g/mol. The van der Waals surface area contributed by atoms with Gasteiger partial charge in [0.15, 0.2) is 0 Å². The molecule has 0 spiro atoms. The summed E-state index contributed by atoms with van der Waals surface area (Å²) in [5.74, 6) is 3.32. The topological polar surface area (TPSA) is 47.7 Å². The van der Waals surface area contributed by atoms with E-state index in [9.17, 15) is 13.2 Å². The maximum absolute atomic E-state index is 13.0. The smallest absolute Gasteiger partial charge is 0.405 e. The molecular formula is C29H27F3N2O3. The molecule has 1 unspecified atom stereocenters. The van der Waals surface area contributed by atoms with Crippen molar-refractivity contribution in [3.63, 3.8) is 0 Å². The lowest BCUT2D eigenvalue weighted by molar-refractivity contribution is -0.274. The van der Waals surface area contributed by atoms with Crippen LogP contribution in [0.5, 0.6) is 5.75 Å². The molecule has 3 fully saturated rings. The zero-order chi connectivity index (χ0) is 25.6. The van der Waals surface area contributed by atoms with Gasteiger partial charge in [0, 0.05) is 40.4 Å². The first-order chi connectivity index (χ1) is 17.9. The number of piperidine rings is 1. The van der Waals surface area contributed by atoms with Crippen LogP contribution >= 0.6 is 0 Å². The third kappa shape index (κ3) is 4.93. The van der Waals surface area contributed by atoms with E-state index >= 15 is 0 Å². The van der Waals surface area contributed by atoms with Gasteiger partial charge in [0.25, 0.3) is 0 Å². The van der Waals surface area contributed by atoms with Gasteiger partial charge in [0.1, 0.15) is 17.2 Å². The summed E-state index contributed by atoms with van der Waals surface area (Å²) in [5.41, 5.74) is 3.38. The minimum Gasteiger partial charge on any atom is -0.405 e. The predicted molar refractivity (Wildman–Crippen MR) is 132 cm³/mol. The second-order valence-corrected chi connectivity index (χ2v) is 10.1. The summed E-state index contributed by atoms with van der Waals surface area (Å²) in [6.07, 6.45) is 6.70. The van der Waals surface area contributed by atoms with E-state index in [1.807, 2.05) is 12.1 Å². The Labute approximate surface area is 213 Å². The van der Waals surface area contributed by atoms with Gasteiger partial charge < -0.3 is 18.9 Å². The number of aromatic nitrogens is 1. The third-order valence-electron chi connectivity index (χ3n) is 7.62. The van der Waals surface area contributed by atoms with Crippen LogP contribution < -0.4 is 9.64 Å². The van der Waals surface area contributed by atoms with Crippen LogP contribution in [0.15, 0.2) is 53.1 Å². The van der Waals surface area contributed by atoms with Gasteiger partial charge in [-0.2, -0.15) is 0 Å². The molecule has 1 aromatic heterocycles. The highest BCUT2D eigenvalue weighted by Gasteiger charge is 2.42. The number of alkyl halides is 3. The number of nitrogens with zero attached hydrogens (tertiary/aromatic N) is 2. The van der Waals surface area contributed by atoms with E-state index in [0.29, 0.717) is 23.5 Å². The summed E-state index contributed by atoms with van der Waals surface area (Å²) < 4.78 is 55.5. The summed E-state index contributed by atoms with van der Waals surface area (Å²) in [4.78, 5) is 2.49. The summed E-state index contributed by atoms with van der Waals surface area (Å²) >= 11 is 0. The number of hydrogen-bond donors (Lipinski definition) is 0. The molecule has 2 aliphatic heterocycles. The molecule has 1 saturated carbocycles. The Morgan fingerprint density at radius 3 is 2.35 bits per heavy atom. The highest BCUT2D eigenvalue weighted by molar-refractivity contribution is 5.70. The van der Waals surface area contributed by atoms with Crippen LogP contribution in [0.2, 0.25) is 0 Å². The SMILES string of the molecule is C#Cc1ccc(N2[C@@H]3CC[C@H]2CC(OCc2c(-c4ccccc4OC(F)(F)F)noc2C2CC2)C3)cc1. The minimum absolute atomic E-state index is 0.0511. The number of anilines is 1. The van der Waals surface area contributed by atoms with Crippen LogP contribution in [-0.4, -0.2) is 29.7 Å². The van der Waals surface area contributed by atoms with Gasteiger partial charge in [-0.05, 0) is 74.9 Å². The van der Waals surface area contributed by atoms with Gasteiger partial charge in [-0.15, -0.1) is 19.6 Å². The summed E-state index contributed by atoms with van der Waals surface area (Å²) in [7, 11) is 0. The number of ether oxygens (including phenoxy) is 2. The minimum atomic E-state index is -4.80. The van der Waals surface area contributed by atoms with Crippen molar-refractivity contribution in [1.82, 2.24) is 5.16 Å². The Kier molecular flexibility index (Phi) is 6.12. The molecule has 6 rings (SSSR count). The number of terminal acetylenes is 1. The molecule has 37 heavy (non-hydrogen) atoms. The molecule has 3 heterocycles. The van der Waals surface area contributed by atoms with E-state index in [-0.39, 0.29) is 29.9 Å². The third-order valence-corrected chi connectivity index (χ3v) is 7.62. The first kappa shape index (κ1) is 23.9. The van der Waals surface area contributed by atoms with Crippen molar-refractivity contribution in [3.05, 3.63) is 65.4 Å². The molecular weight excluding hydrogens is 481 g/mol. The molecule has 5 nitrogen and oxygen atoms in total. The van der Waals surface area contributed by atoms with Crippen LogP contribution in [0.3, 0.4) is 0 Å². The van der Waals surface area contributed by atoms with E-state index in [4.69, 9.17) is 15.7 Å². The highest BCUT2D eigenvalue weighted by atomic mass is 19.4. The van der Waals surface area contributed by atoms with Gasteiger partial charge >= 0.3 is 6.36 Å². The molecule has 0 radical (unpaired) electrons. The first-order valence-electron chi connectivity index (χ1n) is 12.7. The van der Waals surface area contributed by atoms with E-state index in [1.165, 1.54) is 17.8 Å². The summed E-state index contributed by atoms with van der Waals surface area (Å²) in [5, 5.41) is 4.19. The van der Waals surface area contributed by atoms with Crippen molar-refractivity contribution in [2.24, 2.45) is 0 Å². The van der Waals surface area contributed by atoms with E-state index in [0.717, 1.165) is 49.7 Å².